The van der Waals surface area contributed by atoms with Crippen LogP contribution in [0.5, 0.6) is 0 Å². The zero-order chi connectivity index (χ0) is 17.6. The summed E-state index contributed by atoms with van der Waals surface area (Å²) in [5, 5.41) is 6.26. The molecule has 6 nitrogen and oxygen atoms in total. The van der Waals surface area contributed by atoms with Gasteiger partial charge in [0.15, 0.2) is 5.96 Å². The van der Waals surface area contributed by atoms with Gasteiger partial charge in [0.25, 0.3) is 0 Å². The predicted octanol–water partition coefficient (Wildman–Crippen LogP) is 0.962. The molecule has 0 spiro atoms. The van der Waals surface area contributed by atoms with E-state index in [0.717, 1.165) is 18.4 Å². The van der Waals surface area contributed by atoms with E-state index in [4.69, 9.17) is 0 Å². The first-order valence-electron chi connectivity index (χ1n) is 8.09. The fourth-order valence-electron chi connectivity index (χ4n) is 2.55. The standard InChI is InChI=1S/C16H25FN4O2S/c1-3-24(22,23)21-11-10-19-15(18-2)20-12-16(8-9-16)13-6-4-5-7-14(13)17/h4-7,21H,3,8-12H2,1-2H3,(H2,18,19,20). The number of aliphatic imine (C=N–C) groups is 1. The summed E-state index contributed by atoms with van der Waals surface area (Å²) >= 11 is 0. The third-order valence-corrected chi connectivity index (χ3v) is 5.64. The largest absolute Gasteiger partial charge is 0.356 e. The molecule has 8 heteroatoms. The Morgan fingerprint density at radius 2 is 1.96 bits per heavy atom. The van der Waals surface area contributed by atoms with E-state index >= 15 is 0 Å². The Morgan fingerprint density at radius 1 is 1.25 bits per heavy atom. The maximum absolute atomic E-state index is 14.0. The van der Waals surface area contributed by atoms with Crippen molar-refractivity contribution < 1.29 is 12.8 Å². The van der Waals surface area contributed by atoms with E-state index in [0.29, 0.717) is 19.0 Å². The molecule has 0 atom stereocenters. The molecule has 0 saturated heterocycles. The van der Waals surface area contributed by atoms with Crippen molar-refractivity contribution in [1.82, 2.24) is 15.4 Å². The predicted molar refractivity (Wildman–Crippen MR) is 94.1 cm³/mol. The lowest BCUT2D eigenvalue weighted by molar-refractivity contribution is 0.559. The quantitative estimate of drug-likeness (QED) is 0.368. The second-order valence-electron chi connectivity index (χ2n) is 5.91. The second-order valence-corrected chi connectivity index (χ2v) is 8.01. The normalized spacial score (nSPS) is 16.7. The SMILES string of the molecule is CCS(=O)(=O)NCCNC(=NC)NCC1(c2ccccc2F)CC1. The van der Waals surface area contributed by atoms with Gasteiger partial charge in [0.2, 0.25) is 10.0 Å². The van der Waals surface area contributed by atoms with Gasteiger partial charge in [-0.2, -0.15) is 0 Å². The van der Waals surface area contributed by atoms with E-state index in [9.17, 15) is 12.8 Å². The fourth-order valence-corrected chi connectivity index (χ4v) is 3.16. The first kappa shape index (κ1) is 18.7. The third kappa shape index (κ3) is 4.91. The van der Waals surface area contributed by atoms with Gasteiger partial charge < -0.3 is 10.6 Å². The van der Waals surface area contributed by atoms with Gasteiger partial charge in [0.05, 0.1) is 5.75 Å². The number of nitrogens with one attached hydrogen (secondary N) is 3. The van der Waals surface area contributed by atoms with Crippen molar-refractivity contribution in [3.05, 3.63) is 35.6 Å². The number of hydrogen-bond acceptors (Lipinski definition) is 3. The van der Waals surface area contributed by atoms with Crippen molar-refractivity contribution in [3.8, 4) is 0 Å². The minimum atomic E-state index is -3.18. The Hall–Kier alpha value is -1.67. The molecular formula is C16H25FN4O2S. The van der Waals surface area contributed by atoms with Crippen LogP contribution in [0.25, 0.3) is 0 Å². The van der Waals surface area contributed by atoms with Crippen LogP contribution in [-0.4, -0.2) is 46.8 Å². The van der Waals surface area contributed by atoms with E-state index < -0.39 is 10.0 Å². The average Bonchev–Trinajstić information content (AvgIpc) is 3.35. The molecule has 1 aromatic rings. The van der Waals surface area contributed by atoms with Crippen molar-refractivity contribution in [3.63, 3.8) is 0 Å². The molecule has 0 aliphatic heterocycles. The van der Waals surface area contributed by atoms with E-state index in [1.165, 1.54) is 6.07 Å². The average molecular weight is 356 g/mol. The number of rotatable bonds is 8. The van der Waals surface area contributed by atoms with Crippen LogP contribution in [0.1, 0.15) is 25.3 Å². The van der Waals surface area contributed by atoms with Crippen LogP contribution < -0.4 is 15.4 Å². The van der Waals surface area contributed by atoms with Crippen LogP contribution in [0.3, 0.4) is 0 Å². The molecule has 24 heavy (non-hydrogen) atoms. The van der Waals surface area contributed by atoms with Gasteiger partial charge in [-0.05, 0) is 31.4 Å². The number of hydrogen-bond donors (Lipinski definition) is 3. The van der Waals surface area contributed by atoms with Gasteiger partial charge in [-0.1, -0.05) is 18.2 Å². The highest BCUT2D eigenvalue weighted by molar-refractivity contribution is 7.89. The van der Waals surface area contributed by atoms with Crippen LogP contribution in [0.4, 0.5) is 4.39 Å². The monoisotopic (exact) mass is 356 g/mol. The number of halogens is 1. The van der Waals surface area contributed by atoms with Gasteiger partial charge >= 0.3 is 0 Å². The molecule has 0 heterocycles. The minimum Gasteiger partial charge on any atom is -0.356 e. The molecule has 1 aliphatic carbocycles. The Kier molecular flexibility index (Phi) is 6.17. The summed E-state index contributed by atoms with van der Waals surface area (Å²) in [5.41, 5.74) is 0.566. The first-order chi connectivity index (χ1) is 11.4. The molecule has 1 saturated carbocycles. The topological polar surface area (TPSA) is 82.6 Å². The zero-order valence-corrected chi connectivity index (χ0v) is 14.9. The highest BCUT2D eigenvalue weighted by Gasteiger charge is 2.45. The second kappa shape index (κ2) is 7.94. The van der Waals surface area contributed by atoms with E-state index in [-0.39, 0.29) is 23.5 Å². The lowest BCUT2D eigenvalue weighted by Crippen LogP contribution is -2.44. The lowest BCUT2D eigenvalue weighted by Gasteiger charge is -2.19. The molecule has 2 rings (SSSR count). The number of benzene rings is 1. The smallest absolute Gasteiger partial charge is 0.211 e. The van der Waals surface area contributed by atoms with Crippen molar-refractivity contribution in [1.29, 1.82) is 0 Å². The van der Waals surface area contributed by atoms with Crippen LogP contribution in [0.15, 0.2) is 29.3 Å². The minimum absolute atomic E-state index is 0.0606. The van der Waals surface area contributed by atoms with Gasteiger partial charge in [0.1, 0.15) is 5.82 Å². The number of guanidine groups is 1. The highest BCUT2D eigenvalue weighted by Crippen LogP contribution is 2.48. The van der Waals surface area contributed by atoms with Gasteiger partial charge in [-0.25, -0.2) is 17.5 Å². The van der Waals surface area contributed by atoms with Gasteiger partial charge in [0, 0.05) is 32.1 Å². The van der Waals surface area contributed by atoms with E-state index in [1.54, 1.807) is 20.0 Å². The third-order valence-electron chi connectivity index (χ3n) is 4.24. The first-order valence-corrected chi connectivity index (χ1v) is 9.74. The highest BCUT2D eigenvalue weighted by atomic mass is 32.2. The van der Waals surface area contributed by atoms with Gasteiger partial charge in [-0.15, -0.1) is 0 Å². The molecule has 0 bridgehead atoms. The molecule has 0 radical (unpaired) electrons. The molecule has 3 N–H and O–H groups in total. The molecule has 1 aromatic carbocycles. The molecule has 0 unspecified atom stereocenters. The maximum atomic E-state index is 14.0. The summed E-state index contributed by atoms with van der Waals surface area (Å²) in [4.78, 5) is 4.11. The summed E-state index contributed by atoms with van der Waals surface area (Å²) in [6.45, 7) is 2.89. The zero-order valence-electron chi connectivity index (χ0n) is 14.1. The maximum Gasteiger partial charge on any atom is 0.211 e. The van der Waals surface area contributed by atoms with Crippen LogP contribution in [-0.2, 0) is 15.4 Å². The van der Waals surface area contributed by atoms with Crippen molar-refractivity contribution in [2.45, 2.75) is 25.2 Å². The number of sulfonamides is 1. The summed E-state index contributed by atoms with van der Waals surface area (Å²) in [7, 11) is -1.54. The number of nitrogens with zero attached hydrogens (tertiary/aromatic N) is 1. The summed E-state index contributed by atoms with van der Waals surface area (Å²) < 4.78 is 39.2. The Balaban J connectivity index is 1.81. The van der Waals surface area contributed by atoms with Crippen LogP contribution in [0, 0.1) is 5.82 Å². The lowest BCUT2D eigenvalue weighted by atomic mass is 9.95. The summed E-state index contributed by atoms with van der Waals surface area (Å²) in [5.74, 6) is 0.465. The fraction of sp³-hybridized carbons (Fsp3) is 0.562. The van der Waals surface area contributed by atoms with Crippen molar-refractivity contribution >= 4 is 16.0 Å². The summed E-state index contributed by atoms with van der Waals surface area (Å²) in [6, 6.07) is 6.87. The van der Waals surface area contributed by atoms with Gasteiger partial charge in [-0.3, -0.25) is 4.99 Å². The molecular weight excluding hydrogens is 331 g/mol. The van der Waals surface area contributed by atoms with Crippen molar-refractivity contribution in [2.24, 2.45) is 4.99 Å². The molecule has 1 aliphatic rings. The van der Waals surface area contributed by atoms with E-state index in [1.807, 2.05) is 12.1 Å². The molecule has 1 fully saturated rings. The van der Waals surface area contributed by atoms with E-state index in [2.05, 4.69) is 20.3 Å². The molecule has 134 valence electrons. The molecule has 0 aromatic heterocycles. The Bertz CT molecular complexity index is 687. The summed E-state index contributed by atoms with van der Waals surface area (Å²) in [6.07, 6.45) is 1.88. The van der Waals surface area contributed by atoms with Crippen LogP contribution in [0.2, 0.25) is 0 Å². The Labute approximate surface area is 143 Å². The van der Waals surface area contributed by atoms with Crippen molar-refractivity contribution in [2.75, 3.05) is 32.4 Å². The Morgan fingerprint density at radius 3 is 2.54 bits per heavy atom. The van der Waals surface area contributed by atoms with Crippen LogP contribution >= 0.6 is 0 Å². The molecule has 0 amide bonds.